The summed E-state index contributed by atoms with van der Waals surface area (Å²) in [6.45, 7) is 13.3. The zero-order chi connectivity index (χ0) is 47.2. The number of ether oxygens (including phenoxy) is 7. The van der Waals surface area contributed by atoms with Crippen LogP contribution in [0.3, 0.4) is 0 Å². The fourth-order valence-corrected chi connectivity index (χ4v) is 15.7. The summed E-state index contributed by atoms with van der Waals surface area (Å²) in [5, 5.41) is 96.8. The lowest BCUT2D eigenvalue weighted by atomic mass is 9.30. The summed E-state index contributed by atoms with van der Waals surface area (Å²) < 4.78 is 43.1. The molecule has 5 saturated carbocycles. The molecule has 0 aromatic rings. The van der Waals surface area contributed by atoms with Gasteiger partial charge in [-0.3, -0.25) is 9.59 Å². The number of aliphatic hydroxyl groups excluding tert-OH is 9. The van der Waals surface area contributed by atoms with E-state index in [1.807, 2.05) is 6.92 Å². The van der Waals surface area contributed by atoms with Gasteiger partial charge in [-0.05, 0) is 92.8 Å². The number of ketones is 1. The van der Waals surface area contributed by atoms with E-state index in [0.717, 1.165) is 32.1 Å². The molecule has 0 radical (unpaired) electrons. The standard InChI is InChI=1S/C47H74O18/c1-21-29(51)32(54)34(56)37(60-21)64-36-31(53)23(62-38-35(57)33(55)30(52)22(18-48)61-38)19-59-39(36)63-28-9-10-42(4)24(43(28,5)20-49)8-11-44(6)25(42)16-27(50)47-26-17-41(2,3)12-14-46(26,40(58)65-47)15-13-45(44,47)7/h21-26,28-39,48-49,51-57H,8-20H2,1-7H3/t21-,22+,23-,24+,25+,26+,28-,29-,30+,31-,32+,33-,34+,35+,36+,37-,38-,39-,42-,43-,44+,45-,46-,47+/m0/s1. The Kier molecular flexibility index (Phi) is 12.2. The van der Waals surface area contributed by atoms with Gasteiger partial charge in [-0.1, -0.05) is 41.5 Å². The van der Waals surface area contributed by atoms with E-state index in [-0.39, 0.29) is 60.0 Å². The molecule has 4 saturated heterocycles. The third-order valence-corrected chi connectivity index (χ3v) is 19.9. The second-order valence-electron chi connectivity index (χ2n) is 23.4. The van der Waals surface area contributed by atoms with Crippen molar-refractivity contribution in [1.29, 1.82) is 0 Å². The van der Waals surface area contributed by atoms with Crippen molar-refractivity contribution in [2.75, 3.05) is 19.8 Å². The van der Waals surface area contributed by atoms with Crippen molar-refractivity contribution in [1.82, 2.24) is 0 Å². The number of esters is 1. The van der Waals surface area contributed by atoms with Crippen LogP contribution in [0.1, 0.15) is 113 Å². The predicted octanol–water partition coefficient (Wildman–Crippen LogP) is 0.199. The highest BCUT2D eigenvalue weighted by molar-refractivity contribution is 5.98. The van der Waals surface area contributed by atoms with Crippen LogP contribution in [-0.2, 0) is 42.7 Å². The van der Waals surface area contributed by atoms with Gasteiger partial charge in [0.05, 0.1) is 37.4 Å². The first kappa shape index (κ1) is 48.6. The molecule has 9 rings (SSSR count). The van der Waals surface area contributed by atoms with Gasteiger partial charge in [-0.2, -0.15) is 0 Å². The quantitative estimate of drug-likeness (QED) is 0.116. The first-order valence-corrected chi connectivity index (χ1v) is 24.0. The lowest BCUT2D eigenvalue weighted by molar-refractivity contribution is -0.382. The van der Waals surface area contributed by atoms with E-state index < -0.39 is 126 Å². The summed E-state index contributed by atoms with van der Waals surface area (Å²) in [6.07, 6.45) is -15.7. The Bertz CT molecular complexity index is 1830. The average molecular weight is 927 g/mol. The number of fused-ring (bicyclic) bond motifs is 4. The molecule has 24 atom stereocenters. The molecule has 18 nitrogen and oxygen atoms in total. The molecule has 5 aliphatic carbocycles. The Balaban J connectivity index is 0.985. The van der Waals surface area contributed by atoms with E-state index in [0.29, 0.717) is 25.7 Å². The summed E-state index contributed by atoms with van der Waals surface area (Å²) >= 11 is 0. The maximum Gasteiger partial charge on any atom is 0.313 e. The molecule has 4 aliphatic heterocycles. The smallest absolute Gasteiger partial charge is 0.313 e. The van der Waals surface area contributed by atoms with E-state index in [1.54, 1.807) is 0 Å². The zero-order valence-corrected chi connectivity index (χ0v) is 38.8. The summed E-state index contributed by atoms with van der Waals surface area (Å²) in [7, 11) is 0. The Morgan fingerprint density at radius 1 is 0.662 bits per heavy atom. The van der Waals surface area contributed by atoms with Crippen LogP contribution in [0, 0.1) is 50.2 Å². The van der Waals surface area contributed by atoms with Crippen LogP contribution in [0.4, 0.5) is 0 Å². The van der Waals surface area contributed by atoms with Crippen molar-refractivity contribution in [2.45, 2.75) is 210 Å². The summed E-state index contributed by atoms with van der Waals surface area (Å²) in [4.78, 5) is 29.3. The molecular weight excluding hydrogens is 852 g/mol. The third-order valence-electron chi connectivity index (χ3n) is 19.9. The van der Waals surface area contributed by atoms with Crippen LogP contribution in [0.2, 0.25) is 0 Å². The summed E-state index contributed by atoms with van der Waals surface area (Å²) in [5.74, 6) is -0.590. The highest BCUT2D eigenvalue weighted by Crippen LogP contribution is 2.80. The summed E-state index contributed by atoms with van der Waals surface area (Å²) in [6, 6.07) is 0. The first-order valence-electron chi connectivity index (χ1n) is 24.0. The highest BCUT2D eigenvalue weighted by Gasteiger charge is 2.84. The number of rotatable bonds is 8. The molecular formula is C47H74O18. The molecule has 18 heteroatoms. The minimum atomic E-state index is -1.79. The van der Waals surface area contributed by atoms with E-state index in [9.17, 15) is 50.8 Å². The van der Waals surface area contributed by atoms with E-state index in [2.05, 4.69) is 34.6 Å². The minimum absolute atomic E-state index is 0.0233. The van der Waals surface area contributed by atoms with Gasteiger partial charge in [0, 0.05) is 23.2 Å². The van der Waals surface area contributed by atoms with Crippen molar-refractivity contribution in [3.8, 4) is 0 Å². The van der Waals surface area contributed by atoms with Gasteiger partial charge in [-0.25, -0.2) is 0 Å². The molecule has 9 aliphatic rings. The fourth-order valence-electron chi connectivity index (χ4n) is 15.7. The molecule has 0 amide bonds. The number of aliphatic hydroxyl groups is 9. The SMILES string of the molecule is C[C@@H]1O[C@@H](O[C@H]2[C@H](O[C@H]3CC[C@@]4(C)[C@@H](CC[C@]5(C)[C@@H]4CC(=O)[C@]46OC(=O)[C@@]7(CCC(C)(C)C[C@H]74)CC[C@@]56C)[C@]3(C)CO)OC[C@H](O[C@@H]3O[C@H](CO)[C@@H](O)[C@H](O)[C@H]3O)[C@@H]2O)[C@H](O)[C@H](O)[C@H]1O. The van der Waals surface area contributed by atoms with Crippen molar-refractivity contribution < 1.29 is 88.7 Å². The van der Waals surface area contributed by atoms with Crippen molar-refractivity contribution in [2.24, 2.45) is 50.2 Å². The second-order valence-corrected chi connectivity index (χ2v) is 23.4. The normalized spacial score (nSPS) is 57.4. The van der Waals surface area contributed by atoms with Crippen LogP contribution < -0.4 is 0 Å². The van der Waals surface area contributed by atoms with E-state index >= 15 is 4.79 Å². The van der Waals surface area contributed by atoms with Crippen molar-refractivity contribution in [3.05, 3.63) is 0 Å². The number of carbonyl (C=O) groups is 2. The molecule has 0 unspecified atom stereocenters. The van der Waals surface area contributed by atoms with Crippen LogP contribution in [0.25, 0.3) is 0 Å². The Labute approximate surface area is 380 Å². The lowest BCUT2D eigenvalue weighted by Gasteiger charge is -2.73. The fraction of sp³-hybridized carbons (Fsp3) is 0.957. The Morgan fingerprint density at radius 3 is 2.00 bits per heavy atom. The van der Waals surface area contributed by atoms with Crippen LogP contribution >= 0.6 is 0 Å². The molecule has 0 aromatic carbocycles. The monoisotopic (exact) mass is 926 g/mol. The van der Waals surface area contributed by atoms with Crippen LogP contribution in [0.5, 0.6) is 0 Å². The molecule has 9 N–H and O–H groups in total. The molecule has 9 fully saturated rings. The molecule has 1 spiro atoms. The molecule has 4 heterocycles. The number of hydrogen-bond acceptors (Lipinski definition) is 18. The molecule has 65 heavy (non-hydrogen) atoms. The Morgan fingerprint density at radius 2 is 1.32 bits per heavy atom. The number of hydrogen-bond donors (Lipinski definition) is 9. The topological polar surface area (TPSA) is 281 Å². The van der Waals surface area contributed by atoms with E-state index in [1.165, 1.54) is 6.92 Å². The van der Waals surface area contributed by atoms with Crippen LogP contribution in [0.15, 0.2) is 0 Å². The lowest BCUT2D eigenvalue weighted by Crippen LogP contribution is -2.75. The maximum atomic E-state index is 15.2. The number of Topliss-reactive ketones (excluding diaryl/α,β-unsaturated/α-hetero) is 1. The minimum Gasteiger partial charge on any atom is -0.450 e. The number of carbonyl (C=O) groups excluding carboxylic acids is 2. The highest BCUT2D eigenvalue weighted by atomic mass is 16.8. The molecule has 370 valence electrons. The van der Waals surface area contributed by atoms with Gasteiger partial charge in [0.1, 0.15) is 61.0 Å². The van der Waals surface area contributed by atoms with Gasteiger partial charge < -0.3 is 79.1 Å². The van der Waals surface area contributed by atoms with Gasteiger partial charge in [0.2, 0.25) is 0 Å². The Hall–Kier alpha value is -1.46. The van der Waals surface area contributed by atoms with Gasteiger partial charge in [-0.15, -0.1) is 0 Å². The molecule has 0 aromatic heterocycles. The average Bonchev–Trinajstić information content (AvgIpc) is 3.45. The third kappa shape index (κ3) is 6.73. The summed E-state index contributed by atoms with van der Waals surface area (Å²) in [5.41, 5.74) is -4.19. The van der Waals surface area contributed by atoms with Crippen molar-refractivity contribution >= 4 is 11.8 Å². The second kappa shape index (κ2) is 16.3. The van der Waals surface area contributed by atoms with Gasteiger partial charge >= 0.3 is 5.97 Å². The van der Waals surface area contributed by atoms with Crippen molar-refractivity contribution in [3.63, 3.8) is 0 Å². The first-order chi connectivity index (χ1) is 30.4. The largest absolute Gasteiger partial charge is 0.450 e. The molecule has 2 bridgehead atoms. The van der Waals surface area contributed by atoms with Crippen LogP contribution in [-0.4, -0.2) is 175 Å². The van der Waals surface area contributed by atoms with Gasteiger partial charge in [0.15, 0.2) is 30.3 Å². The predicted molar refractivity (Wildman–Crippen MR) is 223 cm³/mol. The van der Waals surface area contributed by atoms with Gasteiger partial charge in [0.25, 0.3) is 0 Å². The maximum absolute atomic E-state index is 15.2. The zero-order valence-electron chi connectivity index (χ0n) is 38.8. The van der Waals surface area contributed by atoms with E-state index in [4.69, 9.17) is 33.2 Å².